The Morgan fingerprint density at radius 2 is 1.82 bits per heavy atom. The first-order chi connectivity index (χ1) is 10.7. The van der Waals surface area contributed by atoms with Crippen molar-refractivity contribution in [2.45, 2.75) is 0 Å². The number of fused-ring (bicyclic) bond motifs is 1. The van der Waals surface area contributed by atoms with Gasteiger partial charge in [-0.15, -0.1) is 5.10 Å². The maximum atomic E-state index is 12.0. The fraction of sp³-hybridized carbons (Fsp3) is 0.0625. The van der Waals surface area contributed by atoms with E-state index >= 15 is 0 Å². The van der Waals surface area contributed by atoms with Gasteiger partial charge in [-0.25, -0.2) is 4.52 Å². The normalized spacial score (nSPS) is 11.1. The van der Waals surface area contributed by atoms with Crippen molar-refractivity contribution in [2.24, 2.45) is 7.05 Å². The first kappa shape index (κ1) is 12.6. The van der Waals surface area contributed by atoms with Crippen molar-refractivity contribution >= 4 is 5.52 Å². The van der Waals surface area contributed by atoms with Gasteiger partial charge in [0, 0.05) is 30.6 Å². The third kappa shape index (κ3) is 2.01. The highest BCUT2D eigenvalue weighted by Crippen LogP contribution is 2.22. The Balaban J connectivity index is 1.77. The molecule has 108 valence electrons. The van der Waals surface area contributed by atoms with Crippen molar-refractivity contribution in [3.8, 4) is 22.5 Å². The predicted molar refractivity (Wildman–Crippen MR) is 83.5 cm³/mol. The van der Waals surface area contributed by atoms with Gasteiger partial charge in [0.1, 0.15) is 5.52 Å². The van der Waals surface area contributed by atoms with Gasteiger partial charge in [0.2, 0.25) is 0 Å². The van der Waals surface area contributed by atoms with Crippen LogP contribution in [0.3, 0.4) is 0 Å². The largest absolute Gasteiger partial charge is 0.303 e. The van der Waals surface area contributed by atoms with Gasteiger partial charge >= 0.3 is 0 Å². The van der Waals surface area contributed by atoms with Crippen molar-refractivity contribution < 1.29 is 0 Å². The number of aromatic amines is 1. The molecule has 0 spiro atoms. The lowest BCUT2D eigenvalue weighted by atomic mass is 10.1. The predicted octanol–water partition coefficient (Wildman–Crippen LogP) is 2.09. The Kier molecular flexibility index (Phi) is 2.69. The van der Waals surface area contributed by atoms with Crippen LogP contribution in [-0.4, -0.2) is 24.4 Å². The number of nitrogens with zero attached hydrogens (tertiary/aromatic N) is 4. The molecule has 4 rings (SSSR count). The molecule has 0 aliphatic rings. The van der Waals surface area contributed by atoms with Crippen LogP contribution in [0.25, 0.3) is 28.0 Å². The number of hydrogen-bond donors (Lipinski definition) is 1. The van der Waals surface area contributed by atoms with E-state index < -0.39 is 0 Å². The summed E-state index contributed by atoms with van der Waals surface area (Å²) >= 11 is 0. The van der Waals surface area contributed by atoms with E-state index in [0.717, 1.165) is 16.7 Å². The minimum absolute atomic E-state index is 0.147. The van der Waals surface area contributed by atoms with Crippen molar-refractivity contribution in [1.29, 1.82) is 0 Å². The van der Waals surface area contributed by atoms with Crippen molar-refractivity contribution in [3.05, 3.63) is 65.3 Å². The van der Waals surface area contributed by atoms with Gasteiger partial charge in [0.25, 0.3) is 5.56 Å². The highest BCUT2D eigenvalue weighted by atomic mass is 16.1. The molecular formula is C16H13N5O. The molecule has 0 bridgehead atoms. The Hall–Kier alpha value is -3.15. The van der Waals surface area contributed by atoms with Gasteiger partial charge in [-0.05, 0) is 17.7 Å². The molecule has 0 saturated heterocycles. The lowest BCUT2D eigenvalue weighted by Crippen LogP contribution is -2.13. The van der Waals surface area contributed by atoms with Gasteiger partial charge in [0.15, 0.2) is 5.82 Å². The Bertz CT molecular complexity index is 1010. The summed E-state index contributed by atoms with van der Waals surface area (Å²) in [7, 11) is 1.89. The van der Waals surface area contributed by atoms with E-state index in [0.29, 0.717) is 11.3 Å². The molecular weight excluding hydrogens is 278 g/mol. The van der Waals surface area contributed by atoms with Crippen LogP contribution in [0.15, 0.2) is 59.8 Å². The van der Waals surface area contributed by atoms with Gasteiger partial charge in [-0.3, -0.25) is 9.48 Å². The van der Waals surface area contributed by atoms with Crippen LogP contribution in [0.4, 0.5) is 0 Å². The summed E-state index contributed by atoms with van der Waals surface area (Å²) in [5.74, 6) is 0.548. The van der Waals surface area contributed by atoms with Crippen molar-refractivity contribution in [3.63, 3.8) is 0 Å². The first-order valence-corrected chi connectivity index (χ1v) is 6.88. The molecule has 0 fully saturated rings. The fourth-order valence-corrected chi connectivity index (χ4v) is 2.46. The minimum Gasteiger partial charge on any atom is -0.303 e. The Labute approximate surface area is 125 Å². The molecule has 6 heteroatoms. The van der Waals surface area contributed by atoms with E-state index in [-0.39, 0.29) is 5.56 Å². The number of H-pyrrole nitrogens is 1. The molecule has 3 aromatic heterocycles. The number of aromatic nitrogens is 5. The standard InChI is InChI=1S/C16H13N5O/c1-20-10-13(9-17-20)11-4-6-12(7-5-11)15-18-16(22)14-3-2-8-21(14)19-15/h2-10H,1H3,(H,18,19,22). The number of nitrogens with one attached hydrogen (secondary N) is 1. The number of benzene rings is 1. The summed E-state index contributed by atoms with van der Waals surface area (Å²) in [5.41, 5.74) is 3.38. The maximum Gasteiger partial charge on any atom is 0.275 e. The van der Waals surface area contributed by atoms with E-state index in [1.54, 1.807) is 27.5 Å². The van der Waals surface area contributed by atoms with E-state index in [2.05, 4.69) is 15.2 Å². The SMILES string of the molecule is Cn1cc(-c2ccc(-c3nn4cccc4c(=O)[nH]3)cc2)cn1. The van der Waals surface area contributed by atoms with Crippen LogP contribution in [-0.2, 0) is 7.05 Å². The highest BCUT2D eigenvalue weighted by molar-refractivity contribution is 5.66. The van der Waals surface area contributed by atoms with E-state index in [1.165, 1.54) is 0 Å². The summed E-state index contributed by atoms with van der Waals surface area (Å²) in [6.07, 6.45) is 5.54. The molecule has 0 radical (unpaired) electrons. The second kappa shape index (κ2) is 4.70. The van der Waals surface area contributed by atoms with Crippen LogP contribution in [0.5, 0.6) is 0 Å². The molecule has 0 atom stereocenters. The molecule has 0 aliphatic heterocycles. The molecule has 22 heavy (non-hydrogen) atoms. The van der Waals surface area contributed by atoms with Crippen molar-refractivity contribution in [2.75, 3.05) is 0 Å². The maximum absolute atomic E-state index is 12.0. The second-order valence-electron chi connectivity index (χ2n) is 5.12. The van der Waals surface area contributed by atoms with E-state index in [1.807, 2.05) is 43.7 Å². The van der Waals surface area contributed by atoms with Crippen LogP contribution in [0.1, 0.15) is 0 Å². The average molecular weight is 291 g/mol. The zero-order valence-electron chi connectivity index (χ0n) is 11.9. The van der Waals surface area contributed by atoms with Crippen molar-refractivity contribution in [1.82, 2.24) is 24.4 Å². The topological polar surface area (TPSA) is 68.0 Å². The quantitative estimate of drug-likeness (QED) is 0.615. The van der Waals surface area contributed by atoms with E-state index in [4.69, 9.17) is 0 Å². The summed E-state index contributed by atoms with van der Waals surface area (Å²) in [6, 6.07) is 11.4. The number of rotatable bonds is 2. The summed E-state index contributed by atoms with van der Waals surface area (Å²) in [6.45, 7) is 0. The molecule has 0 saturated carbocycles. The average Bonchev–Trinajstić information content (AvgIpc) is 3.16. The summed E-state index contributed by atoms with van der Waals surface area (Å²) in [4.78, 5) is 14.8. The lowest BCUT2D eigenvalue weighted by Gasteiger charge is -2.03. The summed E-state index contributed by atoms with van der Waals surface area (Å²) in [5, 5.41) is 8.58. The molecule has 0 aliphatic carbocycles. The van der Waals surface area contributed by atoms with E-state index in [9.17, 15) is 4.79 Å². The first-order valence-electron chi connectivity index (χ1n) is 6.88. The molecule has 4 aromatic rings. The second-order valence-corrected chi connectivity index (χ2v) is 5.12. The third-order valence-electron chi connectivity index (χ3n) is 3.60. The zero-order valence-corrected chi connectivity index (χ0v) is 11.9. The van der Waals surface area contributed by atoms with Gasteiger partial charge in [0.05, 0.1) is 6.20 Å². The van der Waals surface area contributed by atoms with Crippen LogP contribution < -0.4 is 5.56 Å². The zero-order chi connectivity index (χ0) is 15.1. The fourth-order valence-electron chi connectivity index (χ4n) is 2.46. The molecule has 6 nitrogen and oxygen atoms in total. The van der Waals surface area contributed by atoms with Gasteiger partial charge < -0.3 is 4.98 Å². The molecule has 0 amide bonds. The highest BCUT2D eigenvalue weighted by Gasteiger charge is 2.06. The smallest absolute Gasteiger partial charge is 0.275 e. The number of aryl methyl sites for hydroxylation is 1. The van der Waals surface area contributed by atoms with Gasteiger partial charge in [-0.2, -0.15) is 5.10 Å². The third-order valence-corrected chi connectivity index (χ3v) is 3.60. The Morgan fingerprint density at radius 3 is 2.55 bits per heavy atom. The van der Waals surface area contributed by atoms with Crippen LogP contribution >= 0.6 is 0 Å². The Morgan fingerprint density at radius 1 is 1.05 bits per heavy atom. The lowest BCUT2D eigenvalue weighted by molar-refractivity contribution is 0.768. The minimum atomic E-state index is -0.147. The monoisotopic (exact) mass is 291 g/mol. The molecule has 3 heterocycles. The molecule has 1 N–H and O–H groups in total. The van der Waals surface area contributed by atoms with Crippen LogP contribution in [0.2, 0.25) is 0 Å². The molecule has 0 unspecified atom stereocenters. The van der Waals surface area contributed by atoms with Gasteiger partial charge in [-0.1, -0.05) is 24.3 Å². The number of hydrogen-bond acceptors (Lipinski definition) is 3. The summed E-state index contributed by atoms with van der Waals surface area (Å²) < 4.78 is 3.35. The van der Waals surface area contributed by atoms with Crippen LogP contribution in [0, 0.1) is 0 Å². The molecule has 1 aromatic carbocycles.